The summed E-state index contributed by atoms with van der Waals surface area (Å²) in [6, 6.07) is 0. The van der Waals surface area contributed by atoms with Crippen molar-refractivity contribution in [3.8, 4) is 0 Å². The van der Waals surface area contributed by atoms with Gasteiger partial charge in [0.1, 0.15) is 0 Å². The summed E-state index contributed by atoms with van der Waals surface area (Å²) in [7, 11) is 0. The molecule has 0 aromatic rings. The van der Waals surface area contributed by atoms with Crippen molar-refractivity contribution >= 4 is 0 Å². The second-order valence-electron chi connectivity index (χ2n) is 2.65. The van der Waals surface area contributed by atoms with Crippen LogP contribution in [0.1, 0.15) is 32.1 Å². The summed E-state index contributed by atoms with van der Waals surface area (Å²) in [5.41, 5.74) is 7.02. The van der Waals surface area contributed by atoms with Crippen molar-refractivity contribution in [2.45, 2.75) is 32.1 Å². The van der Waals surface area contributed by atoms with Gasteiger partial charge < -0.3 is 5.73 Å². The van der Waals surface area contributed by atoms with E-state index in [0.29, 0.717) is 0 Å². The van der Waals surface area contributed by atoms with E-state index in [9.17, 15) is 0 Å². The third kappa shape index (κ3) is 2.19. The third-order valence-electron chi connectivity index (χ3n) is 1.84. The number of hydrogen-bond donors (Lipinski definition) is 1. The average molecular weight is 125 g/mol. The fraction of sp³-hybridized carbons (Fsp3) is 0.750. The topological polar surface area (TPSA) is 26.0 Å². The first-order valence-electron chi connectivity index (χ1n) is 3.81. The summed E-state index contributed by atoms with van der Waals surface area (Å²) < 4.78 is 0. The van der Waals surface area contributed by atoms with E-state index in [2.05, 4.69) is 6.08 Å². The highest BCUT2D eigenvalue weighted by Crippen LogP contribution is 2.20. The third-order valence-corrected chi connectivity index (χ3v) is 1.84. The maximum absolute atomic E-state index is 5.38. The molecule has 0 saturated heterocycles. The van der Waals surface area contributed by atoms with Crippen molar-refractivity contribution in [1.82, 2.24) is 0 Å². The Morgan fingerprint density at radius 1 is 1.56 bits per heavy atom. The van der Waals surface area contributed by atoms with E-state index in [1.807, 2.05) is 0 Å². The van der Waals surface area contributed by atoms with Crippen LogP contribution in [0.15, 0.2) is 11.6 Å². The lowest BCUT2D eigenvalue weighted by Gasteiger charge is -1.96. The lowest BCUT2D eigenvalue weighted by molar-refractivity contribution is 0.787. The maximum atomic E-state index is 5.38. The van der Waals surface area contributed by atoms with E-state index in [1.54, 1.807) is 5.57 Å². The fourth-order valence-corrected chi connectivity index (χ4v) is 1.29. The predicted octanol–water partition coefficient (Wildman–Crippen LogP) is 1.84. The van der Waals surface area contributed by atoms with Crippen LogP contribution in [0.3, 0.4) is 0 Å². The van der Waals surface area contributed by atoms with Crippen LogP contribution < -0.4 is 5.73 Å². The van der Waals surface area contributed by atoms with E-state index in [0.717, 1.165) is 6.54 Å². The first-order chi connectivity index (χ1) is 4.43. The molecule has 0 heterocycles. The number of hydrogen-bond acceptors (Lipinski definition) is 1. The monoisotopic (exact) mass is 125 g/mol. The second kappa shape index (κ2) is 3.67. The molecule has 0 aliphatic heterocycles. The van der Waals surface area contributed by atoms with E-state index in [4.69, 9.17) is 5.73 Å². The lowest BCUT2D eigenvalue weighted by Crippen LogP contribution is -1.98. The summed E-state index contributed by atoms with van der Waals surface area (Å²) in [6.07, 6.45) is 8.80. The van der Waals surface area contributed by atoms with Gasteiger partial charge >= 0.3 is 0 Å². The number of nitrogens with two attached hydrogens (primary N) is 1. The van der Waals surface area contributed by atoms with Gasteiger partial charge in [-0.1, -0.05) is 11.6 Å². The first-order valence-corrected chi connectivity index (χ1v) is 3.81. The minimum absolute atomic E-state index is 0.845. The molecule has 0 aromatic heterocycles. The van der Waals surface area contributed by atoms with Crippen molar-refractivity contribution in [2.24, 2.45) is 5.73 Å². The van der Waals surface area contributed by atoms with E-state index in [1.165, 1.54) is 32.1 Å². The van der Waals surface area contributed by atoms with Gasteiger partial charge in [0.15, 0.2) is 0 Å². The fourth-order valence-electron chi connectivity index (χ4n) is 1.29. The molecular formula is C8H15N. The molecule has 0 spiro atoms. The van der Waals surface area contributed by atoms with E-state index < -0.39 is 0 Å². The quantitative estimate of drug-likeness (QED) is 0.572. The molecule has 0 fully saturated rings. The van der Waals surface area contributed by atoms with Crippen LogP contribution in [0, 0.1) is 0 Å². The van der Waals surface area contributed by atoms with Crippen LogP contribution in [0.25, 0.3) is 0 Å². The highest BCUT2D eigenvalue weighted by atomic mass is 14.5. The molecule has 1 aliphatic carbocycles. The van der Waals surface area contributed by atoms with Crippen molar-refractivity contribution in [2.75, 3.05) is 6.54 Å². The minimum atomic E-state index is 0.845. The molecule has 0 amide bonds. The van der Waals surface area contributed by atoms with Gasteiger partial charge in [-0.05, 0) is 38.6 Å². The van der Waals surface area contributed by atoms with Gasteiger partial charge in [0.05, 0.1) is 0 Å². The van der Waals surface area contributed by atoms with Crippen molar-refractivity contribution in [1.29, 1.82) is 0 Å². The average Bonchev–Trinajstić information content (AvgIpc) is 2.34. The Hall–Kier alpha value is -0.300. The Morgan fingerprint density at radius 2 is 2.44 bits per heavy atom. The molecule has 1 aliphatic rings. The second-order valence-corrected chi connectivity index (χ2v) is 2.65. The summed E-state index contributed by atoms with van der Waals surface area (Å²) >= 11 is 0. The Bertz CT molecular complexity index is 105. The largest absolute Gasteiger partial charge is 0.330 e. The number of allylic oxidation sites excluding steroid dienone is 2. The van der Waals surface area contributed by atoms with E-state index in [-0.39, 0.29) is 0 Å². The van der Waals surface area contributed by atoms with Crippen LogP contribution >= 0.6 is 0 Å². The number of rotatable bonds is 3. The molecule has 0 unspecified atom stereocenters. The molecule has 1 nitrogen and oxygen atoms in total. The van der Waals surface area contributed by atoms with E-state index >= 15 is 0 Å². The highest BCUT2D eigenvalue weighted by Gasteiger charge is 2.01. The molecule has 9 heavy (non-hydrogen) atoms. The van der Waals surface area contributed by atoms with Gasteiger partial charge in [-0.2, -0.15) is 0 Å². The molecule has 0 radical (unpaired) electrons. The SMILES string of the molecule is NCCCC1=CCCC1. The van der Waals surface area contributed by atoms with Gasteiger partial charge in [0, 0.05) is 0 Å². The molecule has 0 atom stereocenters. The Labute approximate surface area is 56.9 Å². The molecule has 0 aromatic carbocycles. The summed E-state index contributed by atoms with van der Waals surface area (Å²) in [6.45, 7) is 0.845. The summed E-state index contributed by atoms with van der Waals surface area (Å²) in [4.78, 5) is 0. The van der Waals surface area contributed by atoms with Gasteiger partial charge in [-0.3, -0.25) is 0 Å². The van der Waals surface area contributed by atoms with Crippen molar-refractivity contribution in [3.63, 3.8) is 0 Å². The first kappa shape index (κ1) is 6.81. The Kier molecular flexibility index (Phi) is 2.78. The minimum Gasteiger partial charge on any atom is -0.330 e. The molecule has 2 N–H and O–H groups in total. The van der Waals surface area contributed by atoms with Crippen LogP contribution in [0.5, 0.6) is 0 Å². The smallest absolute Gasteiger partial charge is 0.00742 e. The van der Waals surface area contributed by atoms with Gasteiger partial charge in [-0.15, -0.1) is 0 Å². The summed E-state index contributed by atoms with van der Waals surface area (Å²) in [5.74, 6) is 0. The van der Waals surface area contributed by atoms with Crippen molar-refractivity contribution in [3.05, 3.63) is 11.6 Å². The van der Waals surface area contributed by atoms with Gasteiger partial charge in [0.2, 0.25) is 0 Å². The zero-order valence-corrected chi connectivity index (χ0v) is 5.90. The zero-order valence-electron chi connectivity index (χ0n) is 5.90. The highest BCUT2D eigenvalue weighted by molar-refractivity contribution is 5.06. The summed E-state index contributed by atoms with van der Waals surface area (Å²) in [5, 5.41) is 0. The van der Waals surface area contributed by atoms with Crippen LogP contribution in [0.4, 0.5) is 0 Å². The molecule has 52 valence electrons. The predicted molar refractivity (Wildman–Crippen MR) is 40.2 cm³/mol. The molecule has 1 rings (SSSR count). The zero-order chi connectivity index (χ0) is 6.53. The van der Waals surface area contributed by atoms with Gasteiger partial charge in [0.25, 0.3) is 0 Å². The normalized spacial score (nSPS) is 18.1. The molecule has 1 heteroatoms. The molecule has 0 saturated carbocycles. The van der Waals surface area contributed by atoms with Crippen LogP contribution in [0.2, 0.25) is 0 Å². The van der Waals surface area contributed by atoms with Gasteiger partial charge in [-0.25, -0.2) is 0 Å². The van der Waals surface area contributed by atoms with Crippen LogP contribution in [-0.4, -0.2) is 6.54 Å². The molecule has 0 bridgehead atoms. The lowest BCUT2D eigenvalue weighted by atomic mass is 10.1. The standard InChI is InChI=1S/C8H15N/c9-7-3-6-8-4-1-2-5-8/h4H,1-3,5-7,9H2. The Morgan fingerprint density at radius 3 is 3.00 bits per heavy atom. The Balaban J connectivity index is 2.11. The van der Waals surface area contributed by atoms with Crippen molar-refractivity contribution < 1.29 is 0 Å². The van der Waals surface area contributed by atoms with Crippen LogP contribution in [-0.2, 0) is 0 Å². The molecular weight excluding hydrogens is 110 g/mol. The maximum Gasteiger partial charge on any atom is -0.00742 e.